The van der Waals surface area contributed by atoms with Gasteiger partial charge < -0.3 is 20.3 Å². The molecular formula is C20H28FN3O3. The summed E-state index contributed by atoms with van der Waals surface area (Å²) in [6.07, 6.45) is 2.87. The summed E-state index contributed by atoms with van der Waals surface area (Å²) in [6.45, 7) is 3.07. The predicted octanol–water partition coefficient (Wildman–Crippen LogP) is 1.56. The van der Waals surface area contributed by atoms with Gasteiger partial charge in [-0.05, 0) is 50.9 Å². The molecule has 2 fully saturated rings. The van der Waals surface area contributed by atoms with Crippen LogP contribution in [0.15, 0.2) is 24.3 Å². The van der Waals surface area contributed by atoms with E-state index >= 15 is 0 Å². The lowest BCUT2D eigenvalue weighted by molar-refractivity contribution is -0.137. The number of nitrogens with one attached hydrogen (secondary N) is 2. The Bertz CT molecular complexity index is 663. The van der Waals surface area contributed by atoms with E-state index in [0.717, 1.165) is 25.9 Å². The van der Waals surface area contributed by atoms with Crippen LogP contribution in [0.4, 0.5) is 4.39 Å². The van der Waals surface area contributed by atoms with Gasteiger partial charge in [0.1, 0.15) is 5.82 Å². The second-order valence-corrected chi connectivity index (χ2v) is 7.48. The molecule has 0 radical (unpaired) electrons. The number of piperidine rings is 2. The molecule has 0 aromatic heterocycles. The zero-order valence-corrected chi connectivity index (χ0v) is 15.8. The summed E-state index contributed by atoms with van der Waals surface area (Å²) < 4.78 is 19.2. The van der Waals surface area contributed by atoms with E-state index in [1.165, 1.54) is 12.1 Å². The van der Waals surface area contributed by atoms with E-state index in [1.807, 2.05) is 0 Å². The summed E-state index contributed by atoms with van der Waals surface area (Å²) in [5, 5.41) is 6.45. The highest BCUT2D eigenvalue weighted by Crippen LogP contribution is 2.30. The molecule has 7 heteroatoms. The number of halogens is 1. The third kappa shape index (κ3) is 4.47. The number of hydrogen-bond acceptors (Lipinski definition) is 4. The molecule has 0 bridgehead atoms. The Morgan fingerprint density at radius 3 is 2.56 bits per heavy atom. The molecule has 0 atom stereocenters. The number of benzene rings is 1. The maximum atomic E-state index is 13.8. The van der Waals surface area contributed by atoms with E-state index in [0.29, 0.717) is 32.5 Å². The van der Waals surface area contributed by atoms with Crippen molar-refractivity contribution >= 4 is 11.8 Å². The quantitative estimate of drug-likeness (QED) is 0.817. The maximum Gasteiger partial charge on any atom is 0.256 e. The van der Waals surface area contributed by atoms with Crippen LogP contribution >= 0.6 is 0 Å². The highest BCUT2D eigenvalue weighted by atomic mass is 19.1. The minimum Gasteiger partial charge on any atom is -0.384 e. The van der Waals surface area contributed by atoms with Gasteiger partial charge in [-0.3, -0.25) is 9.59 Å². The number of amides is 2. The van der Waals surface area contributed by atoms with Gasteiger partial charge in [0.05, 0.1) is 17.6 Å². The summed E-state index contributed by atoms with van der Waals surface area (Å²) >= 11 is 0. The molecule has 27 heavy (non-hydrogen) atoms. The van der Waals surface area contributed by atoms with Crippen LogP contribution in [-0.2, 0) is 9.53 Å². The molecule has 0 unspecified atom stereocenters. The van der Waals surface area contributed by atoms with Crippen LogP contribution in [0.1, 0.15) is 36.0 Å². The van der Waals surface area contributed by atoms with Crippen molar-refractivity contribution in [3.63, 3.8) is 0 Å². The lowest BCUT2D eigenvalue weighted by Crippen LogP contribution is -2.54. The van der Waals surface area contributed by atoms with Gasteiger partial charge >= 0.3 is 0 Å². The predicted molar refractivity (Wildman–Crippen MR) is 99.9 cm³/mol. The molecule has 1 aromatic rings. The van der Waals surface area contributed by atoms with Crippen molar-refractivity contribution in [3.8, 4) is 0 Å². The van der Waals surface area contributed by atoms with E-state index in [1.54, 1.807) is 24.1 Å². The van der Waals surface area contributed by atoms with Crippen LogP contribution in [0.3, 0.4) is 0 Å². The number of nitrogens with zero attached hydrogens (tertiary/aromatic N) is 1. The fourth-order valence-electron chi connectivity index (χ4n) is 3.99. The first-order valence-electron chi connectivity index (χ1n) is 9.60. The van der Waals surface area contributed by atoms with E-state index < -0.39 is 11.2 Å². The van der Waals surface area contributed by atoms with Crippen molar-refractivity contribution in [1.82, 2.24) is 15.5 Å². The van der Waals surface area contributed by atoms with Crippen LogP contribution in [-0.4, -0.2) is 62.7 Å². The monoisotopic (exact) mass is 377 g/mol. The molecule has 2 N–H and O–H groups in total. The smallest absolute Gasteiger partial charge is 0.256 e. The largest absolute Gasteiger partial charge is 0.384 e. The van der Waals surface area contributed by atoms with Crippen molar-refractivity contribution in [3.05, 3.63) is 35.6 Å². The normalized spacial score (nSPS) is 20.3. The highest BCUT2D eigenvalue weighted by molar-refractivity contribution is 5.94. The zero-order chi connectivity index (χ0) is 19.3. The van der Waals surface area contributed by atoms with Gasteiger partial charge in [0.15, 0.2) is 0 Å². The molecule has 0 spiro atoms. The molecular weight excluding hydrogens is 349 g/mol. The number of methoxy groups -OCH3 is 1. The molecule has 148 valence electrons. The summed E-state index contributed by atoms with van der Waals surface area (Å²) in [7, 11) is 1.63. The minimum absolute atomic E-state index is 0.0331. The van der Waals surface area contributed by atoms with E-state index in [4.69, 9.17) is 4.74 Å². The molecule has 2 amide bonds. The lowest BCUT2D eigenvalue weighted by atomic mass is 9.78. The Kier molecular flexibility index (Phi) is 6.44. The number of ether oxygens (including phenoxy) is 1. The SMILES string of the molecule is COCC1(C(=O)NC2CCN(C(=O)c3ccccc3F)CC2)CCNCC1. The number of rotatable bonds is 5. The summed E-state index contributed by atoms with van der Waals surface area (Å²) in [4.78, 5) is 27.1. The van der Waals surface area contributed by atoms with Crippen molar-refractivity contribution < 1.29 is 18.7 Å². The van der Waals surface area contributed by atoms with Gasteiger partial charge in [-0.25, -0.2) is 4.39 Å². The van der Waals surface area contributed by atoms with Crippen molar-refractivity contribution in [2.45, 2.75) is 31.7 Å². The van der Waals surface area contributed by atoms with Crippen LogP contribution < -0.4 is 10.6 Å². The topological polar surface area (TPSA) is 70.7 Å². The van der Waals surface area contributed by atoms with Crippen molar-refractivity contribution in [2.24, 2.45) is 5.41 Å². The van der Waals surface area contributed by atoms with Crippen molar-refractivity contribution in [2.75, 3.05) is 39.9 Å². The van der Waals surface area contributed by atoms with Gasteiger partial charge in [0.2, 0.25) is 5.91 Å². The van der Waals surface area contributed by atoms with E-state index in [9.17, 15) is 14.0 Å². The van der Waals surface area contributed by atoms with E-state index in [2.05, 4.69) is 10.6 Å². The Morgan fingerprint density at radius 2 is 1.93 bits per heavy atom. The third-order valence-electron chi connectivity index (χ3n) is 5.68. The average Bonchev–Trinajstić information content (AvgIpc) is 2.69. The average molecular weight is 377 g/mol. The molecule has 2 aliphatic heterocycles. The molecule has 2 aliphatic rings. The Hall–Kier alpha value is -1.99. The van der Waals surface area contributed by atoms with Crippen LogP contribution in [0, 0.1) is 11.2 Å². The lowest BCUT2D eigenvalue weighted by Gasteiger charge is -2.38. The molecule has 2 heterocycles. The molecule has 0 saturated carbocycles. The first-order valence-corrected chi connectivity index (χ1v) is 9.60. The van der Waals surface area contributed by atoms with Crippen LogP contribution in [0.5, 0.6) is 0 Å². The molecule has 3 rings (SSSR count). The zero-order valence-electron chi connectivity index (χ0n) is 15.8. The first kappa shape index (κ1) is 19.8. The van der Waals surface area contributed by atoms with Gasteiger partial charge in [0, 0.05) is 26.2 Å². The van der Waals surface area contributed by atoms with Gasteiger partial charge in [0.25, 0.3) is 5.91 Å². The Balaban J connectivity index is 1.55. The fourth-order valence-corrected chi connectivity index (χ4v) is 3.99. The number of carbonyl (C=O) groups excluding carboxylic acids is 2. The Labute approximate surface area is 159 Å². The molecule has 2 saturated heterocycles. The molecule has 6 nitrogen and oxygen atoms in total. The molecule has 0 aliphatic carbocycles. The van der Waals surface area contributed by atoms with Crippen LogP contribution in [0.25, 0.3) is 0 Å². The van der Waals surface area contributed by atoms with Gasteiger partial charge in [-0.15, -0.1) is 0 Å². The van der Waals surface area contributed by atoms with E-state index in [-0.39, 0.29) is 23.4 Å². The summed E-state index contributed by atoms with van der Waals surface area (Å²) in [5.41, 5.74) is -0.367. The van der Waals surface area contributed by atoms with Crippen LogP contribution in [0.2, 0.25) is 0 Å². The number of carbonyl (C=O) groups is 2. The Morgan fingerprint density at radius 1 is 1.26 bits per heavy atom. The first-order chi connectivity index (χ1) is 13.1. The fraction of sp³-hybridized carbons (Fsp3) is 0.600. The highest BCUT2D eigenvalue weighted by Gasteiger charge is 2.40. The second kappa shape index (κ2) is 8.80. The maximum absolute atomic E-state index is 13.8. The van der Waals surface area contributed by atoms with Crippen molar-refractivity contribution in [1.29, 1.82) is 0 Å². The number of likely N-dealkylation sites (tertiary alicyclic amines) is 1. The molecule has 1 aromatic carbocycles. The second-order valence-electron chi connectivity index (χ2n) is 7.48. The third-order valence-corrected chi connectivity index (χ3v) is 5.68. The number of hydrogen-bond donors (Lipinski definition) is 2. The minimum atomic E-state index is -0.495. The van der Waals surface area contributed by atoms with Gasteiger partial charge in [-0.2, -0.15) is 0 Å². The standard InChI is InChI=1S/C20H28FN3O3/c1-27-14-20(8-10-22-11-9-20)19(26)23-15-6-12-24(13-7-15)18(25)16-4-2-3-5-17(16)21/h2-5,15,22H,6-14H2,1H3,(H,23,26). The van der Waals surface area contributed by atoms with Gasteiger partial charge in [-0.1, -0.05) is 12.1 Å². The summed E-state index contributed by atoms with van der Waals surface area (Å²) in [6, 6.07) is 6.08. The summed E-state index contributed by atoms with van der Waals surface area (Å²) in [5.74, 6) is -0.734.